The molecule has 1 unspecified atom stereocenters. The zero-order chi connectivity index (χ0) is 14.5. The highest BCUT2D eigenvalue weighted by atomic mass is 32.2. The Morgan fingerprint density at radius 3 is 2.55 bits per heavy atom. The van der Waals surface area contributed by atoms with E-state index in [2.05, 4.69) is 0 Å². The minimum absolute atomic E-state index is 0.338. The van der Waals surface area contributed by atoms with Crippen molar-refractivity contribution >= 4 is 11.8 Å². The molecule has 2 aromatic rings. The van der Waals surface area contributed by atoms with Crippen molar-refractivity contribution in [1.29, 1.82) is 5.26 Å². The number of nitriles is 1. The summed E-state index contributed by atoms with van der Waals surface area (Å²) >= 11 is 1.56. The Morgan fingerprint density at radius 2 is 1.95 bits per heavy atom. The monoisotopic (exact) mass is 287 g/mol. The Morgan fingerprint density at radius 1 is 1.25 bits per heavy atom. The molecule has 4 heteroatoms. The quantitative estimate of drug-likeness (QED) is 0.863. The number of benzene rings is 2. The molecule has 0 radical (unpaired) electrons. The third-order valence-electron chi connectivity index (χ3n) is 2.85. The van der Waals surface area contributed by atoms with Gasteiger partial charge >= 0.3 is 0 Å². The maximum atomic E-state index is 13.3. The van der Waals surface area contributed by atoms with Gasteiger partial charge in [-0.2, -0.15) is 5.26 Å². The van der Waals surface area contributed by atoms with E-state index in [-0.39, 0.29) is 5.82 Å². The van der Waals surface area contributed by atoms with Crippen molar-refractivity contribution in [2.75, 3.05) is 0 Å². The first-order valence-electron chi connectivity index (χ1n) is 6.19. The van der Waals surface area contributed by atoms with Gasteiger partial charge < -0.3 is 5.11 Å². The van der Waals surface area contributed by atoms with E-state index in [1.807, 2.05) is 30.3 Å². The number of aliphatic hydroxyl groups is 1. The second kappa shape index (κ2) is 6.56. The van der Waals surface area contributed by atoms with E-state index in [9.17, 15) is 9.50 Å². The molecule has 20 heavy (non-hydrogen) atoms. The van der Waals surface area contributed by atoms with E-state index in [4.69, 9.17) is 5.26 Å². The van der Waals surface area contributed by atoms with Crippen LogP contribution in [-0.4, -0.2) is 5.11 Å². The first-order chi connectivity index (χ1) is 9.58. The maximum absolute atomic E-state index is 13.3. The highest BCUT2D eigenvalue weighted by molar-refractivity contribution is 7.98. The molecule has 0 aromatic heterocycles. The summed E-state index contributed by atoms with van der Waals surface area (Å²) in [6.45, 7) is 1.72. The molecule has 0 saturated heterocycles. The van der Waals surface area contributed by atoms with Crippen LogP contribution >= 0.6 is 11.8 Å². The minimum atomic E-state index is -0.476. The van der Waals surface area contributed by atoms with Gasteiger partial charge in [-0.3, -0.25) is 0 Å². The lowest BCUT2D eigenvalue weighted by molar-refractivity contribution is 0.199. The third-order valence-corrected chi connectivity index (χ3v) is 3.94. The zero-order valence-electron chi connectivity index (χ0n) is 11.0. The summed E-state index contributed by atoms with van der Waals surface area (Å²) in [5, 5.41) is 18.2. The zero-order valence-corrected chi connectivity index (χ0v) is 11.8. The van der Waals surface area contributed by atoms with Gasteiger partial charge in [-0.05, 0) is 48.4 Å². The molecule has 102 valence electrons. The van der Waals surface area contributed by atoms with Crippen molar-refractivity contribution in [3.8, 4) is 6.07 Å². The first kappa shape index (κ1) is 14.6. The van der Waals surface area contributed by atoms with Gasteiger partial charge in [0.05, 0.1) is 17.7 Å². The lowest BCUT2D eigenvalue weighted by atomic mass is 10.1. The number of nitrogens with zero attached hydrogens (tertiary/aromatic N) is 1. The summed E-state index contributed by atoms with van der Waals surface area (Å²) in [7, 11) is 0. The Kier molecular flexibility index (Phi) is 4.78. The Balaban J connectivity index is 2.05. The molecule has 0 aliphatic carbocycles. The van der Waals surface area contributed by atoms with Crippen molar-refractivity contribution < 1.29 is 9.50 Å². The summed E-state index contributed by atoms with van der Waals surface area (Å²) in [6.07, 6.45) is -0.476. The van der Waals surface area contributed by atoms with E-state index >= 15 is 0 Å². The predicted octanol–water partition coefficient (Wildman–Crippen LogP) is 4.04. The lowest BCUT2D eigenvalue weighted by Crippen LogP contribution is -1.90. The topological polar surface area (TPSA) is 44.0 Å². The molecule has 0 spiro atoms. The van der Waals surface area contributed by atoms with Crippen molar-refractivity contribution in [3.05, 3.63) is 65.0 Å². The maximum Gasteiger partial charge on any atom is 0.124 e. The van der Waals surface area contributed by atoms with Crippen molar-refractivity contribution in [3.63, 3.8) is 0 Å². The molecule has 0 fully saturated rings. The summed E-state index contributed by atoms with van der Waals surface area (Å²) in [5.74, 6) is 0.213. The normalized spacial score (nSPS) is 11.9. The molecule has 2 aromatic carbocycles. The minimum Gasteiger partial charge on any atom is -0.389 e. The fourth-order valence-corrected chi connectivity index (χ4v) is 2.64. The average Bonchev–Trinajstić information content (AvgIpc) is 2.45. The predicted molar refractivity (Wildman–Crippen MR) is 77.8 cm³/mol. The van der Waals surface area contributed by atoms with Crippen LogP contribution in [0.15, 0.2) is 47.4 Å². The molecule has 0 aliphatic heterocycles. The Labute approximate surface area is 121 Å². The molecular formula is C16H14FNOS. The van der Waals surface area contributed by atoms with E-state index < -0.39 is 6.10 Å². The van der Waals surface area contributed by atoms with Gasteiger partial charge in [0, 0.05) is 10.6 Å². The molecule has 1 N–H and O–H groups in total. The molecule has 0 aliphatic rings. The van der Waals surface area contributed by atoms with E-state index in [1.165, 1.54) is 12.1 Å². The highest BCUT2D eigenvalue weighted by Crippen LogP contribution is 2.25. The molecule has 0 amide bonds. The van der Waals surface area contributed by atoms with Crippen molar-refractivity contribution in [2.24, 2.45) is 0 Å². The highest BCUT2D eigenvalue weighted by Gasteiger charge is 2.03. The SMILES string of the molecule is CC(O)c1ccc(SCc2cc(F)cc(C#N)c2)cc1. The summed E-state index contributed by atoms with van der Waals surface area (Å²) in [6, 6.07) is 13.9. The van der Waals surface area contributed by atoms with Crippen LogP contribution in [0.5, 0.6) is 0 Å². The lowest BCUT2D eigenvalue weighted by Gasteiger charge is -2.06. The number of thioether (sulfide) groups is 1. The van der Waals surface area contributed by atoms with Gasteiger partial charge in [0.2, 0.25) is 0 Å². The Hall–Kier alpha value is -1.83. The second-order valence-electron chi connectivity index (χ2n) is 4.49. The van der Waals surface area contributed by atoms with Crippen LogP contribution in [0.3, 0.4) is 0 Å². The van der Waals surface area contributed by atoms with Crippen LogP contribution in [0.2, 0.25) is 0 Å². The van der Waals surface area contributed by atoms with Gasteiger partial charge in [0.15, 0.2) is 0 Å². The fourth-order valence-electron chi connectivity index (χ4n) is 1.81. The van der Waals surface area contributed by atoms with Crippen LogP contribution in [-0.2, 0) is 5.75 Å². The van der Waals surface area contributed by atoms with Crippen LogP contribution in [0.4, 0.5) is 4.39 Å². The number of hydrogen-bond donors (Lipinski definition) is 1. The largest absolute Gasteiger partial charge is 0.389 e. The summed E-state index contributed by atoms with van der Waals surface area (Å²) in [4.78, 5) is 1.04. The van der Waals surface area contributed by atoms with Gasteiger partial charge in [0.1, 0.15) is 5.82 Å². The van der Waals surface area contributed by atoms with Crippen molar-refractivity contribution in [1.82, 2.24) is 0 Å². The van der Waals surface area contributed by atoms with Crippen LogP contribution < -0.4 is 0 Å². The Bertz CT molecular complexity index is 632. The molecular weight excluding hydrogens is 273 g/mol. The van der Waals surface area contributed by atoms with Crippen LogP contribution in [0.25, 0.3) is 0 Å². The second-order valence-corrected chi connectivity index (χ2v) is 5.54. The van der Waals surface area contributed by atoms with Gasteiger partial charge in [-0.15, -0.1) is 11.8 Å². The molecule has 2 rings (SSSR count). The smallest absolute Gasteiger partial charge is 0.124 e. The van der Waals surface area contributed by atoms with Crippen LogP contribution in [0.1, 0.15) is 29.7 Å². The van der Waals surface area contributed by atoms with Crippen molar-refractivity contribution in [2.45, 2.75) is 23.7 Å². The first-order valence-corrected chi connectivity index (χ1v) is 7.17. The van der Waals surface area contributed by atoms with Gasteiger partial charge in [-0.1, -0.05) is 12.1 Å². The van der Waals surface area contributed by atoms with Gasteiger partial charge in [0.25, 0.3) is 0 Å². The van der Waals surface area contributed by atoms with Gasteiger partial charge in [-0.25, -0.2) is 4.39 Å². The third kappa shape index (κ3) is 3.83. The standard InChI is InChI=1S/C16H14FNOS/c1-11(19)14-2-4-16(5-3-14)20-10-13-6-12(9-18)7-15(17)8-13/h2-8,11,19H,10H2,1H3. The number of halogens is 1. The van der Waals surface area contributed by atoms with E-state index in [0.717, 1.165) is 16.0 Å². The fraction of sp³-hybridized carbons (Fsp3) is 0.188. The molecule has 0 saturated carbocycles. The number of aliphatic hydroxyl groups excluding tert-OH is 1. The average molecular weight is 287 g/mol. The molecule has 2 nitrogen and oxygen atoms in total. The van der Waals surface area contributed by atoms with E-state index in [0.29, 0.717) is 11.3 Å². The molecule has 1 atom stereocenters. The molecule has 0 heterocycles. The van der Waals surface area contributed by atoms with Crippen LogP contribution in [0, 0.1) is 17.1 Å². The number of hydrogen-bond acceptors (Lipinski definition) is 3. The summed E-state index contributed by atoms with van der Waals surface area (Å²) in [5.41, 5.74) is 1.99. The summed E-state index contributed by atoms with van der Waals surface area (Å²) < 4.78 is 13.3. The number of rotatable bonds is 4. The molecule has 0 bridgehead atoms. The van der Waals surface area contributed by atoms with E-state index in [1.54, 1.807) is 24.8 Å².